The smallest absolute Gasteiger partial charge is 0.431 e. The van der Waals surface area contributed by atoms with Crippen molar-refractivity contribution >= 4 is 6.16 Å². The minimum atomic E-state index is -0.787. The van der Waals surface area contributed by atoms with Crippen molar-refractivity contribution in [2.24, 2.45) is 0 Å². The van der Waals surface area contributed by atoms with E-state index in [4.69, 9.17) is 0 Å². The first-order valence-corrected chi connectivity index (χ1v) is 2.01. The van der Waals surface area contributed by atoms with Gasteiger partial charge in [0.05, 0.1) is 0 Å². The molecule has 0 aromatic carbocycles. The molecular weight excluding hydrogens is 108 g/mol. The zero-order valence-corrected chi connectivity index (χ0v) is 4.42. The van der Waals surface area contributed by atoms with Crippen molar-refractivity contribution < 1.29 is 14.3 Å². The second-order valence-corrected chi connectivity index (χ2v) is 0.994. The molecular formula is C5H7O3. The molecule has 0 saturated carbocycles. The molecule has 0 aliphatic heterocycles. The van der Waals surface area contributed by atoms with Gasteiger partial charge < -0.3 is 9.47 Å². The Balaban J connectivity index is 3.11. The van der Waals surface area contributed by atoms with Crippen LogP contribution < -0.4 is 0 Å². The molecule has 45 valence electrons. The van der Waals surface area contributed by atoms with Gasteiger partial charge in [-0.1, -0.05) is 12.7 Å². The summed E-state index contributed by atoms with van der Waals surface area (Å²) in [6.07, 6.45) is 0.654. The van der Waals surface area contributed by atoms with E-state index in [0.717, 1.165) is 0 Å². The van der Waals surface area contributed by atoms with Gasteiger partial charge in [-0.15, -0.1) is 0 Å². The highest BCUT2D eigenvalue weighted by Crippen LogP contribution is 1.81. The Morgan fingerprint density at radius 3 is 2.75 bits per heavy atom. The van der Waals surface area contributed by atoms with Crippen molar-refractivity contribution in [1.29, 1.82) is 0 Å². The first-order chi connectivity index (χ1) is 3.81. The fourth-order valence-corrected chi connectivity index (χ4v) is 0.169. The molecule has 0 aromatic rings. The molecule has 0 unspecified atom stereocenters. The van der Waals surface area contributed by atoms with Crippen LogP contribution in [0.5, 0.6) is 0 Å². The van der Waals surface area contributed by atoms with Gasteiger partial charge >= 0.3 is 6.16 Å². The van der Waals surface area contributed by atoms with Crippen LogP contribution in [0, 0.1) is 7.11 Å². The van der Waals surface area contributed by atoms with Gasteiger partial charge in [-0.2, -0.15) is 0 Å². The van der Waals surface area contributed by atoms with Crippen LogP contribution in [0.4, 0.5) is 4.79 Å². The lowest BCUT2D eigenvalue weighted by Gasteiger charge is -1.95. The van der Waals surface area contributed by atoms with Gasteiger partial charge in [0.2, 0.25) is 0 Å². The summed E-state index contributed by atoms with van der Waals surface area (Å²) in [5, 5.41) is 0. The van der Waals surface area contributed by atoms with Gasteiger partial charge in [0, 0.05) is 0 Å². The topological polar surface area (TPSA) is 35.5 Å². The molecule has 0 N–H and O–H groups in total. The summed E-state index contributed by atoms with van der Waals surface area (Å²) in [6, 6.07) is 0. The Labute approximate surface area is 47.9 Å². The number of hydrogen-bond acceptors (Lipinski definition) is 3. The molecule has 0 heterocycles. The first-order valence-electron chi connectivity index (χ1n) is 2.01. The van der Waals surface area contributed by atoms with E-state index in [1.807, 2.05) is 0 Å². The molecule has 1 radical (unpaired) electrons. The van der Waals surface area contributed by atoms with Gasteiger partial charge in [0.25, 0.3) is 0 Å². The van der Waals surface area contributed by atoms with Crippen LogP contribution in [0.2, 0.25) is 0 Å². The first kappa shape index (κ1) is 7.01. The average Bonchev–Trinajstić information content (AvgIpc) is 1.83. The molecule has 3 nitrogen and oxygen atoms in total. The maximum absolute atomic E-state index is 10.0. The predicted molar refractivity (Wildman–Crippen MR) is 28.0 cm³/mol. The number of carbonyl (C=O) groups is 1. The van der Waals surface area contributed by atoms with Crippen LogP contribution in [0.25, 0.3) is 0 Å². The summed E-state index contributed by atoms with van der Waals surface area (Å²) in [5.41, 5.74) is 0. The zero-order valence-electron chi connectivity index (χ0n) is 4.42. The number of carbonyl (C=O) groups excluding carboxylic acids is 1. The molecule has 0 aliphatic rings. The quantitative estimate of drug-likeness (QED) is 0.399. The van der Waals surface area contributed by atoms with E-state index >= 15 is 0 Å². The molecule has 3 heteroatoms. The Bertz CT molecular complexity index is 87.7. The third kappa shape index (κ3) is 3.21. The summed E-state index contributed by atoms with van der Waals surface area (Å²) < 4.78 is 8.19. The third-order valence-electron chi connectivity index (χ3n) is 0.437. The molecule has 0 aromatic heterocycles. The Hall–Kier alpha value is -0.990. The lowest BCUT2D eigenvalue weighted by atomic mass is 10.7. The molecule has 0 rings (SSSR count). The van der Waals surface area contributed by atoms with Crippen molar-refractivity contribution in [3.05, 3.63) is 19.8 Å². The molecule has 0 saturated heterocycles. The van der Waals surface area contributed by atoms with Crippen molar-refractivity contribution in [2.75, 3.05) is 6.61 Å². The van der Waals surface area contributed by atoms with Crippen LogP contribution >= 0.6 is 0 Å². The van der Waals surface area contributed by atoms with Gasteiger partial charge in [-0.25, -0.2) is 4.79 Å². The van der Waals surface area contributed by atoms with E-state index in [0.29, 0.717) is 0 Å². The molecule has 0 atom stereocenters. The fourth-order valence-electron chi connectivity index (χ4n) is 0.169. The van der Waals surface area contributed by atoms with E-state index in [2.05, 4.69) is 23.2 Å². The van der Waals surface area contributed by atoms with E-state index in [1.165, 1.54) is 6.08 Å². The van der Waals surface area contributed by atoms with E-state index in [-0.39, 0.29) is 6.61 Å². The molecule has 0 amide bonds. The van der Waals surface area contributed by atoms with Gasteiger partial charge in [-0.3, -0.25) is 0 Å². The van der Waals surface area contributed by atoms with E-state index in [1.54, 1.807) is 0 Å². The fraction of sp³-hybridized carbons (Fsp3) is 0.200. The van der Waals surface area contributed by atoms with Crippen molar-refractivity contribution in [3.8, 4) is 0 Å². The summed E-state index contributed by atoms with van der Waals surface area (Å²) in [5.74, 6) is 0. The summed E-state index contributed by atoms with van der Waals surface area (Å²) in [4.78, 5) is 10.0. The Kier molecular flexibility index (Phi) is 3.66. The molecule has 0 bridgehead atoms. The van der Waals surface area contributed by atoms with Crippen LogP contribution in [0.3, 0.4) is 0 Å². The number of hydrogen-bond donors (Lipinski definition) is 0. The van der Waals surface area contributed by atoms with Crippen molar-refractivity contribution in [1.82, 2.24) is 0 Å². The second-order valence-electron chi connectivity index (χ2n) is 0.994. The minimum absolute atomic E-state index is 0.161. The number of ether oxygens (including phenoxy) is 2. The summed E-state index contributed by atoms with van der Waals surface area (Å²) in [6.45, 7) is 3.47. The highest BCUT2D eigenvalue weighted by molar-refractivity contribution is 5.59. The predicted octanol–water partition coefficient (Wildman–Crippen LogP) is 1.12. The molecule has 0 fully saturated rings. The summed E-state index contributed by atoms with van der Waals surface area (Å²) in [7, 11) is 2.83. The van der Waals surface area contributed by atoms with Crippen molar-refractivity contribution in [3.63, 3.8) is 0 Å². The van der Waals surface area contributed by atoms with Crippen LogP contribution in [0.15, 0.2) is 12.7 Å². The molecule has 8 heavy (non-hydrogen) atoms. The largest absolute Gasteiger partial charge is 0.508 e. The third-order valence-corrected chi connectivity index (χ3v) is 0.437. The maximum Gasteiger partial charge on any atom is 0.508 e. The normalized spacial score (nSPS) is 7.62. The van der Waals surface area contributed by atoms with Gasteiger partial charge in [0.1, 0.15) is 13.7 Å². The monoisotopic (exact) mass is 115 g/mol. The van der Waals surface area contributed by atoms with Crippen molar-refractivity contribution in [2.45, 2.75) is 0 Å². The SMILES string of the molecule is [CH2]OC(=O)OCC=C. The van der Waals surface area contributed by atoms with E-state index < -0.39 is 6.16 Å². The van der Waals surface area contributed by atoms with Gasteiger partial charge in [-0.05, 0) is 0 Å². The molecule has 0 spiro atoms. The van der Waals surface area contributed by atoms with Crippen LogP contribution in [-0.4, -0.2) is 12.8 Å². The van der Waals surface area contributed by atoms with Crippen LogP contribution in [-0.2, 0) is 9.47 Å². The highest BCUT2D eigenvalue weighted by Gasteiger charge is 1.94. The highest BCUT2D eigenvalue weighted by atomic mass is 16.7. The number of rotatable bonds is 2. The second kappa shape index (κ2) is 4.18. The average molecular weight is 115 g/mol. The Morgan fingerprint density at radius 1 is 1.75 bits per heavy atom. The summed E-state index contributed by atoms with van der Waals surface area (Å²) >= 11 is 0. The van der Waals surface area contributed by atoms with Crippen LogP contribution in [0.1, 0.15) is 0 Å². The zero-order chi connectivity index (χ0) is 6.41. The van der Waals surface area contributed by atoms with E-state index in [9.17, 15) is 4.79 Å². The minimum Gasteiger partial charge on any atom is -0.431 e. The lowest BCUT2D eigenvalue weighted by Crippen LogP contribution is -2.01. The molecule has 0 aliphatic carbocycles. The standard InChI is InChI=1S/C5H7O3/c1-3-4-8-5(6)7-2/h3H,1-2,4H2. The van der Waals surface area contributed by atoms with Gasteiger partial charge in [0.15, 0.2) is 0 Å². The lowest BCUT2D eigenvalue weighted by molar-refractivity contribution is 0.0926. The maximum atomic E-state index is 10.0. The Morgan fingerprint density at radius 2 is 2.38 bits per heavy atom.